The summed E-state index contributed by atoms with van der Waals surface area (Å²) in [4.78, 5) is 0. The lowest BCUT2D eigenvalue weighted by Crippen LogP contribution is -2.60. The van der Waals surface area contributed by atoms with E-state index in [0.717, 1.165) is 6.08 Å². The second kappa shape index (κ2) is 5.64. The maximum Gasteiger partial charge on any atom is 0.413 e. The lowest BCUT2D eigenvalue weighted by molar-refractivity contribution is -0.114. The van der Waals surface area contributed by atoms with Gasteiger partial charge in [-0.2, -0.15) is 13.2 Å². The summed E-state index contributed by atoms with van der Waals surface area (Å²) in [6.45, 7) is 3.21. The minimum atomic E-state index is -4.58. The normalized spacial score (nSPS) is 30.9. The van der Waals surface area contributed by atoms with Gasteiger partial charge in [-0.25, -0.2) is 0 Å². The molecule has 4 N–H and O–H groups in total. The Balaban J connectivity index is 3.29. The smallest absolute Gasteiger partial charge is 0.392 e. The Bertz CT molecular complexity index is 379. The van der Waals surface area contributed by atoms with Crippen LogP contribution in [-0.2, 0) is 0 Å². The zero-order valence-corrected chi connectivity index (χ0v) is 11.0. The van der Waals surface area contributed by atoms with Crippen molar-refractivity contribution in [3.63, 3.8) is 0 Å². The number of rotatable bonds is 4. The monoisotopic (exact) mass is 279 g/mol. The second-order valence-corrected chi connectivity index (χ2v) is 4.86. The summed E-state index contributed by atoms with van der Waals surface area (Å²) in [5, 5.41) is 19.9. The number of aliphatic hydroxyl groups is 2. The molecule has 0 amide bonds. The molecule has 0 fully saturated rings. The molecule has 6 heteroatoms. The van der Waals surface area contributed by atoms with Gasteiger partial charge in [-0.15, -0.1) is 0 Å². The molecule has 0 radical (unpaired) electrons. The van der Waals surface area contributed by atoms with E-state index in [0.29, 0.717) is 0 Å². The Morgan fingerprint density at radius 1 is 1.32 bits per heavy atom. The van der Waals surface area contributed by atoms with E-state index < -0.39 is 35.4 Å². The van der Waals surface area contributed by atoms with E-state index in [1.54, 1.807) is 13.8 Å². The van der Waals surface area contributed by atoms with E-state index in [-0.39, 0.29) is 12.8 Å². The molecule has 0 saturated carbocycles. The van der Waals surface area contributed by atoms with Gasteiger partial charge in [-0.05, 0) is 12.8 Å². The molecule has 110 valence electrons. The molecular weight excluding hydrogens is 259 g/mol. The van der Waals surface area contributed by atoms with Crippen LogP contribution in [0.1, 0.15) is 26.7 Å². The summed E-state index contributed by atoms with van der Waals surface area (Å²) in [5.74, 6) is -1.36. The van der Waals surface area contributed by atoms with Gasteiger partial charge >= 0.3 is 6.18 Å². The van der Waals surface area contributed by atoms with Crippen molar-refractivity contribution < 1.29 is 23.4 Å². The van der Waals surface area contributed by atoms with Crippen molar-refractivity contribution >= 4 is 0 Å². The zero-order valence-electron chi connectivity index (χ0n) is 11.0. The molecule has 1 rings (SSSR count). The molecule has 0 aliphatic heterocycles. The van der Waals surface area contributed by atoms with Crippen LogP contribution >= 0.6 is 0 Å². The summed E-state index contributed by atoms with van der Waals surface area (Å²) >= 11 is 0. The Kier molecular flexibility index (Phi) is 4.81. The number of hydrogen-bond donors (Lipinski definition) is 3. The first-order chi connectivity index (χ1) is 8.68. The third-order valence-corrected chi connectivity index (χ3v) is 3.63. The molecule has 1 aliphatic carbocycles. The van der Waals surface area contributed by atoms with E-state index >= 15 is 0 Å². The van der Waals surface area contributed by atoms with E-state index in [9.17, 15) is 23.4 Å². The lowest BCUT2D eigenvalue weighted by atomic mass is 9.69. The molecule has 0 heterocycles. The molecule has 1 aliphatic rings. The van der Waals surface area contributed by atoms with Gasteiger partial charge in [0.25, 0.3) is 0 Å². The van der Waals surface area contributed by atoms with Gasteiger partial charge in [0.15, 0.2) is 0 Å². The zero-order chi connectivity index (χ0) is 14.8. The average molecular weight is 279 g/mol. The third-order valence-electron chi connectivity index (χ3n) is 3.63. The van der Waals surface area contributed by atoms with E-state index in [4.69, 9.17) is 5.73 Å². The van der Waals surface area contributed by atoms with Gasteiger partial charge in [-0.3, -0.25) is 0 Å². The van der Waals surface area contributed by atoms with Crippen LogP contribution in [0.3, 0.4) is 0 Å². The van der Waals surface area contributed by atoms with Crippen LogP contribution < -0.4 is 5.73 Å². The highest BCUT2D eigenvalue weighted by Crippen LogP contribution is 2.43. The van der Waals surface area contributed by atoms with Crippen LogP contribution in [-0.4, -0.2) is 34.1 Å². The molecule has 19 heavy (non-hydrogen) atoms. The van der Waals surface area contributed by atoms with Crippen LogP contribution in [0.2, 0.25) is 0 Å². The van der Waals surface area contributed by atoms with Gasteiger partial charge in [0.2, 0.25) is 0 Å². The highest BCUT2D eigenvalue weighted by Gasteiger charge is 2.52. The van der Waals surface area contributed by atoms with Crippen molar-refractivity contribution in [3.05, 3.63) is 23.8 Å². The molecule has 0 bridgehead atoms. The van der Waals surface area contributed by atoms with Crippen LogP contribution in [0.5, 0.6) is 0 Å². The molecule has 0 aromatic carbocycles. The van der Waals surface area contributed by atoms with Crippen molar-refractivity contribution in [2.24, 2.45) is 11.7 Å². The Morgan fingerprint density at radius 3 is 2.32 bits per heavy atom. The van der Waals surface area contributed by atoms with Gasteiger partial charge in [-0.1, -0.05) is 32.1 Å². The van der Waals surface area contributed by atoms with Crippen LogP contribution in [0.25, 0.3) is 0 Å². The number of halogens is 3. The summed E-state index contributed by atoms with van der Waals surface area (Å²) in [7, 11) is 0. The Labute approximate surface area is 110 Å². The van der Waals surface area contributed by atoms with Gasteiger partial charge < -0.3 is 15.9 Å². The van der Waals surface area contributed by atoms with Crippen LogP contribution in [0.15, 0.2) is 23.8 Å². The quantitative estimate of drug-likeness (QED) is 0.736. The number of aliphatic hydroxyl groups excluding tert-OH is 2. The first-order valence-electron chi connectivity index (χ1n) is 6.30. The van der Waals surface area contributed by atoms with E-state index in [1.165, 1.54) is 12.2 Å². The summed E-state index contributed by atoms with van der Waals surface area (Å²) in [6.07, 6.45) is -3.20. The first-order valence-corrected chi connectivity index (χ1v) is 6.30. The van der Waals surface area contributed by atoms with Crippen LogP contribution in [0, 0.1) is 5.92 Å². The lowest BCUT2D eigenvalue weighted by Gasteiger charge is -2.44. The standard InChI is InChI=1S/C13H20F3NO2/c1-3-9(18)11-8(13(14,15)16)6-5-7-12(11,17)10(19)4-2/h5-7,9-11,18-19H,3-4,17H2,1-2H3/t9?,10?,11-,12+/m0/s1. The fraction of sp³-hybridized carbons (Fsp3) is 0.692. The number of nitrogens with two attached hydrogens (primary N) is 1. The second-order valence-electron chi connectivity index (χ2n) is 4.86. The number of alkyl halides is 3. The highest BCUT2D eigenvalue weighted by atomic mass is 19.4. The Hall–Kier alpha value is -0.850. The van der Waals surface area contributed by atoms with Gasteiger partial charge in [0, 0.05) is 11.5 Å². The molecule has 0 saturated heterocycles. The van der Waals surface area contributed by atoms with Crippen molar-refractivity contribution in [1.29, 1.82) is 0 Å². The molecule has 3 nitrogen and oxygen atoms in total. The van der Waals surface area contributed by atoms with Gasteiger partial charge in [0.05, 0.1) is 17.7 Å². The molecule has 0 spiro atoms. The summed E-state index contributed by atoms with van der Waals surface area (Å²) in [5.41, 5.74) is 3.49. The van der Waals surface area contributed by atoms with Crippen molar-refractivity contribution in [1.82, 2.24) is 0 Å². The summed E-state index contributed by atoms with van der Waals surface area (Å²) < 4.78 is 39.1. The topological polar surface area (TPSA) is 66.5 Å². The molecular formula is C13H20F3NO2. The number of allylic oxidation sites excluding steroid dienone is 2. The van der Waals surface area contributed by atoms with Crippen molar-refractivity contribution in [2.45, 2.75) is 50.6 Å². The SMILES string of the molecule is CCC(O)[C@@H]1C(C(F)(F)F)=CC=C[C@@]1(N)C(O)CC. The molecule has 0 aromatic rings. The number of hydrogen-bond acceptors (Lipinski definition) is 3. The minimum Gasteiger partial charge on any atom is -0.392 e. The van der Waals surface area contributed by atoms with Crippen molar-refractivity contribution in [3.8, 4) is 0 Å². The first kappa shape index (κ1) is 16.2. The maximum absolute atomic E-state index is 13.0. The molecule has 4 atom stereocenters. The van der Waals surface area contributed by atoms with Crippen molar-refractivity contribution in [2.75, 3.05) is 0 Å². The maximum atomic E-state index is 13.0. The fourth-order valence-electron chi connectivity index (χ4n) is 2.51. The predicted molar refractivity (Wildman–Crippen MR) is 66.3 cm³/mol. The Morgan fingerprint density at radius 2 is 1.89 bits per heavy atom. The average Bonchev–Trinajstić information content (AvgIpc) is 2.35. The predicted octanol–water partition coefficient (Wildman–Crippen LogP) is 1.90. The van der Waals surface area contributed by atoms with E-state index in [2.05, 4.69) is 0 Å². The summed E-state index contributed by atoms with van der Waals surface area (Å²) in [6, 6.07) is 0. The largest absolute Gasteiger partial charge is 0.413 e. The fourth-order valence-corrected chi connectivity index (χ4v) is 2.51. The highest BCUT2D eigenvalue weighted by molar-refractivity contribution is 5.35. The minimum absolute atomic E-state index is 0.126. The molecule has 2 unspecified atom stereocenters. The van der Waals surface area contributed by atoms with Crippen LogP contribution in [0.4, 0.5) is 13.2 Å². The van der Waals surface area contributed by atoms with Gasteiger partial charge in [0.1, 0.15) is 0 Å². The molecule has 0 aromatic heterocycles. The third kappa shape index (κ3) is 3.01. The van der Waals surface area contributed by atoms with E-state index in [1.807, 2.05) is 0 Å².